The maximum absolute atomic E-state index is 12.7. The van der Waals surface area contributed by atoms with Crippen molar-refractivity contribution in [2.24, 2.45) is 5.73 Å². The van der Waals surface area contributed by atoms with Crippen LogP contribution in [0.5, 0.6) is 0 Å². The molecular formula is C25H36N8O4. The number of aliphatic hydroxyl groups is 1. The number of likely N-dealkylation sites (tertiary alicyclic amines) is 1. The molecule has 0 radical (unpaired) electrons. The summed E-state index contributed by atoms with van der Waals surface area (Å²) in [7, 11) is 1.51. The largest absolute Gasteiger partial charge is 0.376 e. The smallest absolute Gasteiger partial charge is 0.354 e. The maximum atomic E-state index is 12.7. The number of amides is 4. The summed E-state index contributed by atoms with van der Waals surface area (Å²) in [4.78, 5) is 48.2. The quantitative estimate of drug-likeness (QED) is 0.475. The lowest BCUT2D eigenvalue weighted by Gasteiger charge is -2.36. The minimum Gasteiger partial charge on any atom is -0.376 e. The van der Waals surface area contributed by atoms with Gasteiger partial charge in [-0.3, -0.25) is 9.88 Å². The van der Waals surface area contributed by atoms with Crippen molar-refractivity contribution in [2.45, 2.75) is 25.3 Å². The standard InChI is InChI=1S/C25H36N8O4/c1-29(18-34)25(37)32-16-14-31(15-17-32)23(35)27-22-9-13-33(24(36)28-22)21-4-2-19(3-5-21)6-10-30-11-7-20(26)8-12-30/h2-5,9,13,20,34H,6-8,10-12,14-18,26H2,1H3,(H,27,28,35,36). The lowest BCUT2D eigenvalue weighted by atomic mass is 10.1. The molecule has 0 spiro atoms. The summed E-state index contributed by atoms with van der Waals surface area (Å²) in [6, 6.07) is 9.10. The number of hydrogen-bond acceptors (Lipinski definition) is 7. The van der Waals surface area contributed by atoms with Crippen LogP contribution in [0.4, 0.5) is 15.4 Å². The number of benzene rings is 1. The van der Waals surface area contributed by atoms with E-state index in [9.17, 15) is 14.4 Å². The van der Waals surface area contributed by atoms with E-state index < -0.39 is 5.69 Å². The van der Waals surface area contributed by atoms with Crippen molar-refractivity contribution >= 4 is 17.9 Å². The fourth-order valence-corrected chi connectivity index (χ4v) is 4.55. The Labute approximate surface area is 216 Å². The van der Waals surface area contributed by atoms with Crippen molar-refractivity contribution in [3.05, 3.63) is 52.6 Å². The van der Waals surface area contributed by atoms with E-state index in [0.717, 1.165) is 38.9 Å². The Morgan fingerprint density at radius 2 is 1.70 bits per heavy atom. The number of carbonyl (C=O) groups is 2. The third kappa shape index (κ3) is 6.85. The first-order valence-corrected chi connectivity index (χ1v) is 12.7. The number of piperidine rings is 1. The molecule has 2 saturated heterocycles. The number of nitrogens with two attached hydrogens (primary N) is 1. The van der Waals surface area contributed by atoms with Crippen LogP contribution in [0.15, 0.2) is 41.3 Å². The molecule has 0 saturated carbocycles. The molecule has 0 unspecified atom stereocenters. The molecule has 2 fully saturated rings. The Balaban J connectivity index is 1.29. The molecule has 0 atom stereocenters. The van der Waals surface area contributed by atoms with Gasteiger partial charge in [-0.2, -0.15) is 4.98 Å². The van der Waals surface area contributed by atoms with Gasteiger partial charge in [-0.25, -0.2) is 14.4 Å². The van der Waals surface area contributed by atoms with E-state index in [2.05, 4.69) is 15.2 Å². The van der Waals surface area contributed by atoms with Crippen molar-refractivity contribution < 1.29 is 14.7 Å². The summed E-state index contributed by atoms with van der Waals surface area (Å²) in [5.41, 5.74) is 7.40. The van der Waals surface area contributed by atoms with E-state index in [1.165, 1.54) is 22.1 Å². The number of nitrogens with zero attached hydrogens (tertiary/aromatic N) is 6. The molecule has 2 aromatic rings. The van der Waals surface area contributed by atoms with E-state index in [1.54, 1.807) is 22.1 Å². The molecule has 12 heteroatoms. The molecule has 4 amide bonds. The van der Waals surface area contributed by atoms with Crippen LogP contribution in [-0.4, -0.2) is 112 Å². The van der Waals surface area contributed by atoms with Gasteiger partial charge in [0, 0.05) is 52.0 Å². The fourth-order valence-electron chi connectivity index (χ4n) is 4.55. The highest BCUT2D eigenvalue weighted by Crippen LogP contribution is 2.13. The molecule has 0 aliphatic carbocycles. The van der Waals surface area contributed by atoms with Gasteiger partial charge in [0.2, 0.25) is 0 Å². The predicted molar refractivity (Wildman–Crippen MR) is 140 cm³/mol. The molecule has 2 aliphatic rings. The van der Waals surface area contributed by atoms with Crippen LogP contribution >= 0.6 is 0 Å². The number of anilines is 1. The Morgan fingerprint density at radius 1 is 1.05 bits per heavy atom. The maximum Gasteiger partial charge on any atom is 0.354 e. The summed E-state index contributed by atoms with van der Waals surface area (Å²) in [5.74, 6) is 0.169. The number of nitrogens with one attached hydrogen (secondary N) is 1. The average molecular weight is 513 g/mol. The van der Waals surface area contributed by atoms with Crippen LogP contribution in [0.3, 0.4) is 0 Å². The van der Waals surface area contributed by atoms with Gasteiger partial charge in [0.05, 0.1) is 5.69 Å². The predicted octanol–water partition coefficient (Wildman–Crippen LogP) is 0.349. The topological polar surface area (TPSA) is 140 Å². The monoisotopic (exact) mass is 512 g/mol. The Kier molecular flexibility index (Phi) is 8.74. The summed E-state index contributed by atoms with van der Waals surface area (Å²) in [6.07, 6.45) is 4.63. The van der Waals surface area contributed by atoms with Crippen molar-refractivity contribution in [2.75, 3.05) is 64.9 Å². The van der Waals surface area contributed by atoms with Crippen LogP contribution in [0.2, 0.25) is 0 Å². The van der Waals surface area contributed by atoms with Gasteiger partial charge in [0.15, 0.2) is 0 Å². The minimum absolute atomic E-state index is 0.169. The minimum atomic E-state index is -0.488. The van der Waals surface area contributed by atoms with Crippen LogP contribution in [-0.2, 0) is 6.42 Å². The van der Waals surface area contributed by atoms with E-state index in [0.29, 0.717) is 37.9 Å². The van der Waals surface area contributed by atoms with Crippen LogP contribution in [0.1, 0.15) is 18.4 Å². The van der Waals surface area contributed by atoms with Crippen molar-refractivity contribution in [3.8, 4) is 5.69 Å². The highest BCUT2D eigenvalue weighted by atomic mass is 16.3. The molecule has 0 bridgehead atoms. The first-order valence-electron chi connectivity index (χ1n) is 12.7. The Hall–Kier alpha value is -3.48. The number of aromatic nitrogens is 2. The van der Waals surface area contributed by atoms with Crippen molar-refractivity contribution in [1.29, 1.82) is 0 Å². The van der Waals surface area contributed by atoms with Gasteiger partial charge in [-0.15, -0.1) is 0 Å². The lowest BCUT2D eigenvalue weighted by Crippen LogP contribution is -2.54. The van der Waals surface area contributed by atoms with Crippen LogP contribution < -0.4 is 16.7 Å². The number of piperazine rings is 1. The zero-order valence-corrected chi connectivity index (χ0v) is 21.3. The fraction of sp³-hybridized carbons (Fsp3) is 0.520. The highest BCUT2D eigenvalue weighted by Gasteiger charge is 2.26. The van der Waals surface area contributed by atoms with Crippen LogP contribution in [0, 0.1) is 0 Å². The molecule has 2 aliphatic heterocycles. The number of aliphatic hydroxyl groups excluding tert-OH is 1. The summed E-state index contributed by atoms with van der Waals surface area (Å²) < 4.78 is 1.44. The molecule has 3 heterocycles. The Morgan fingerprint density at radius 3 is 2.32 bits per heavy atom. The lowest BCUT2D eigenvalue weighted by molar-refractivity contribution is 0.0955. The third-order valence-corrected chi connectivity index (χ3v) is 6.98. The third-order valence-electron chi connectivity index (χ3n) is 6.98. The second-order valence-electron chi connectivity index (χ2n) is 9.59. The number of hydrogen-bond donors (Lipinski definition) is 3. The molecule has 1 aromatic heterocycles. The SMILES string of the molecule is CN(CO)C(=O)N1CCN(C(=O)Nc2ccn(-c3ccc(CCN4CCC(N)CC4)cc3)c(=O)n2)CC1. The summed E-state index contributed by atoms with van der Waals surface area (Å²) in [5, 5.41) is 11.8. The van der Waals surface area contributed by atoms with Gasteiger partial charge in [-0.05, 0) is 56.1 Å². The normalized spacial score (nSPS) is 17.1. The first-order chi connectivity index (χ1) is 17.8. The number of rotatable bonds is 6. The summed E-state index contributed by atoms with van der Waals surface area (Å²) >= 11 is 0. The van der Waals surface area contributed by atoms with E-state index in [1.807, 2.05) is 24.3 Å². The second kappa shape index (κ2) is 12.2. The first kappa shape index (κ1) is 26.6. The zero-order valence-electron chi connectivity index (χ0n) is 21.3. The Bertz CT molecular complexity index is 1120. The highest BCUT2D eigenvalue weighted by molar-refractivity contribution is 5.88. The van der Waals surface area contributed by atoms with Gasteiger partial charge in [0.1, 0.15) is 12.5 Å². The van der Waals surface area contributed by atoms with Gasteiger partial charge >= 0.3 is 17.8 Å². The van der Waals surface area contributed by atoms with E-state index in [4.69, 9.17) is 10.8 Å². The molecular weight excluding hydrogens is 476 g/mol. The van der Waals surface area contributed by atoms with Gasteiger partial charge < -0.3 is 30.4 Å². The summed E-state index contributed by atoms with van der Waals surface area (Å²) in [6.45, 7) is 4.10. The zero-order chi connectivity index (χ0) is 26.4. The molecule has 4 rings (SSSR count). The van der Waals surface area contributed by atoms with E-state index in [-0.39, 0.29) is 24.6 Å². The molecule has 37 heavy (non-hydrogen) atoms. The van der Waals surface area contributed by atoms with Gasteiger partial charge in [-0.1, -0.05) is 12.1 Å². The van der Waals surface area contributed by atoms with E-state index >= 15 is 0 Å². The number of urea groups is 2. The van der Waals surface area contributed by atoms with Crippen LogP contribution in [0.25, 0.3) is 5.69 Å². The average Bonchev–Trinajstić information content (AvgIpc) is 2.92. The van der Waals surface area contributed by atoms with Crippen molar-refractivity contribution in [3.63, 3.8) is 0 Å². The molecule has 12 nitrogen and oxygen atoms in total. The van der Waals surface area contributed by atoms with Crippen molar-refractivity contribution in [1.82, 2.24) is 29.2 Å². The van der Waals surface area contributed by atoms with Gasteiger partial charge in [0.25, 0.3) is 0 Å². The molecule has 1 aromatic carbocycles. The number of carbonyl (C=O) groups excluding carboxylic acids is 2. The molecule has 4 N–H and O–H groups in total. The molecule has 200 valence electrons. The second-order valence-corrected chi connectivity index (χ2v) is 9.59.